The van der Waals surface area contributed by atoms with Gasteiger partial charge in [0.15, 0.2) is 0 Å². The van der Waals surface area contributed by atoms with Crippen LogP contribution in [-0.2, 0) is 7.05 Å². The average molecular weight is 206 g/mol. The van der Waals surface area contributed by atoms with Gasteiger partial charge in [0, 0.05) is 13.2 Å². The first-order valence-electron chi connectivity index (χ1n) is 5.77. The number of fused-ring (bicyclic) bond motifs is 1. The topological polar surface area (TPSA) is 55.9 Å². The van der Waals surface area contributed by atoms with Crippen molar-refractivity contribution in [2.45, 2.75) is 25.3 Å². The Labute approximate surface area is 89.8 Å². The quantitative estimate of drug-likeness (QED) is 0.572. The van der Waals surface area contributed by atoms with Gasteiger partial charge in [-0.3, -0.25) is 16.0 Å². The lowest BCUT2D eigenvalue weighted by Gasteiger charge is -2.15. The van der Waals surface area contributed by atoms with Crippen LogP contribution in [0.2, 0.25) is 0 Å². The molecule has 2 aliphatic rings. The molecule has 3 rings (SSSR count). The summed E-state index contributed by atoms with van der Waals surface area (Å²) in [7, 11) is 1.95. The van der Waals surface area contributed by atoms with Crippen LogP contribution in [-0.4, -0.2) is 9.78 Å². The summed E-state index contributed by atoms with van der Waals surface area (Å²) in [6, 6.07) is 2.33. The maximum Gasteiger partial charge on any atom is 0.0810 e. The first kappa shape index (κ1) is 9.36. The van der Waals surface area contributed by atoms with Gasteiger partial charge in [-0.2, -0.15) is 5.10 Å². The highest BCUT2D eigenvalue weighted by Gasteiger charge is 2.56. The summed E-state index contributed by atoms with van der Waals surface area (Å²) in [4.78, 5) is 0. The van der Waals surface area contributed by atoms with E-state index in [-0.39, 0.29) is 6.04 Å². The van der Waals surface area contributed by atoms with E-state index in [0.29, 0.717) is 0 Å². The second-order valence-electron chi connectivity index (χ2n) is 4.89. The van der Waals surface area contributed by atoms with Crippen molar-refractivity contribution in [3.63, 3.8) is 0 Å². The molecule has 1 aromatic rings. The third kappa shape index (κ3) is 1.40. The molecule has 0 amide bonds. The van der Waals surface area contributed by atoms with E-state index in [9.17, 15) is 0 Å². The van der Waals surface area contributed by atoms with Gasteiger partial charge in [-0.05, 0) is 36.7 Å². The van der Waals surface area contributed by atoms with Gasteiger partial charge >= 0.3 is 0 Å². The van der Waals surface area contributed by atoms with E-state index in [1.54, 1.807) is 0 Å². The van der Waals surface area contributed by atoms with E-state index in [4.69, 9.17) is 5.84 Å². The highest BCUT2D eigenvalue weighted by Crippen LogP contribution is 2.61. The van der Waals surface area contributed by atoms with Crippen molar-refractivity contribution in [1.82, 2.24) is 15.2 Å². The van der Waals surface area contributed by atoms with E-state index >= 15 is 0 Å². The van der Waals surface area contributed by atoms with E-state index in [1.807, 2.05) is 17.9 Å². The minimum Gasteiger partial charge on any atom is -0.275 e. The van der Waals surface area contributed by atoms with E-state index in [2.05, 4.69) is 16.6 Å². The van der Waals surface area contributed by atoms with Crippen molar-refractivity contribution < 1.29 is 0 Å². The molecule has 3 atom stereocenters. The standard InChI is InChI=1S/C11H18N4/c1-15-6-5-9(14-15)11(13-12)10-7-3-2-4-8(7)10/h5-8,10-11,13H,2-4,12H2,1H3. The van der Waals surface area contributed by atoms with E-state index in [1.165, 1.54) is 19.3 Å². The molecular formula is C11H18N4. The summed E-state index contributed by atoms with van der Waals surface area (Å²) in [5.41, 5.74) is 4.04. The van der Waals surface area contributed by atoms with Crippen LogP contribution in [0.15, 0.2) is 12.3 Å². The molecule has 82 valence electrons. The van der Waals surface area contributed by atoms with Crippen LogP contribution in [0.1, 0.15) is 31.0 Å². The molecule has 15 heavy (non-hydrogen) atoms. The van der Waals surface area contributed by atoms with Gasteiger partial charge in [0.1, 0.15) is 0 Å². The molecule has 0 spiro atoms. The van der Waals surface area contributed by atoms with Crippen LogP contribution in [0.4, 0.5) is 0 Å². The predicted octanol–water partition coefficient (Wildman–Crippen LogP) is 0.971. The largest absolute Gasteiger partial charge is 0.275 e. The number of nitrogens with two attached hydrogens (primary N) is 1. The summed E-state index contributed by atoms with van der Waals surface area (Å²) in [5, 5.41) is 4.44. The van der Waals surface area contributed by atoms with Gasteiger partial charge in [-0.1, -0.05) is 6.42 Å². The maximum atomic E-state index is 5.66. The highest BCUT2D eigenvalue weighted by molar-refractivity contribution is 5.15. The fourth-order valence-electron chi connectivity index (χ4n) is 3.36. The van der Waals surface area contributed by atoms with Gasteiger partial charge < -0.3 is 0 Å². The van der Waals surface area contributed by atoms with Crippen LogP contribution in [0.5, 0.6) is 0 Å². The van der Waals surface area contributed by atoms with Crippen molar-refractivity contribution in [3.05, 3.63) is 18.0 Å². The number of aromatic nitrogens is 2. The number of hydrazine groups is 1. The monoisotopic (exact) mass is 206 g/mol. The number of rotatable bonds is 3. The molecule has 2 saturated carbocycles. The second-order valence-corrected chi connectivity index (χ2v) is 4.89. The summed E-state index contributed by atoms with van der Waals surface area (Å²) < 4.78 is 1.85. The lowest BCUT2D eigenvalue weighted by Crippen LogP contribution is -2.31. The molecule has 0 radical (unpaired) electrons. The van der Waals surface area contributed by atoms with Gasteiger partial charge in [-0.25, -0.2) is 0 Å². The Kier molecular flexibility index (Phi) is 2.07. The van der Waals surface area contributed by atoms with Gasteiger partial charge in [0.2, 0.25) is 0 Å². The fourth-order valence-corrected chi connectivity index (χ4v) is 3.36. The Hall–Kier alpha value is -0.870. The number of aryl methyl sites for hydroxylation is 1. The molecule has 4 heteroatoms. The Morgan fingerprint density at radius 3 is 2.80 bits per heavy atom. The van der Waals surface area contributed by atoms with Crippen LogP contribution >= 0.6 is 0 Å². The minimum absolute atomic E-state index is 0.265. The molecule has 1 aromatic heterocycles. The lowest BCUT2D eigenvalue weighted by molar-refractivity contribution is 0.414. The zero-order chi connectivity index (χ0) is 10.4. The predicted molar refractivity (Wildman–Crippen MR) is 57.6 cm³/mol. The first-order chi connectivity index (χ1) is 7.31. The number of nitrogens with zero attached hydrogens (tertiary/aromatic N) is 2. The Balaban J connectivity index is 1.78. The summed E-state index contributed by atoms with van der Waals surface area (Å²) in [6.07, 6.45) is 6.17. The first-order valence-corrected chi connectivity index (χ1v) is 5.77. The Morgan fingerprint density at radius 2 is 2.27 bits per heavy atom. The maximum absolute atomic E-state index is 5.66. The molecule has 0 saturated heterocycles. The minimum atomic E-state index is 0.265. The smallest absolute Gasteiger partial charge is 0.0810 e. The second kappa shape index (κ2) is 3.32. The Bertz CT molecular complexity index is 349. The number of hydrogen-bond donors (Lipinski definition) is 2. The molecule has 3 unspecified atom stereocenters. The van der Waals surface area contributed by atoms with Crippen LogP contribution < -0.4 is 11.3 Å². The molecule has 3 N–H and O–H groups in total. The number of hydrogen-bond acceptors (Lipinski definition) is 3. The molecule has 0 aliphatic heterocycles. The van der Waals surface area contributed by atoms with Crippen molar-refractivity contribution >= 4 is 0 Å². The molecule has 0 aromatic carbocycles. The SMILES string of the molecule is Cn1ccc(C(NN)C2C3CCCC32)n1. The summed E-state index contributed by atoms with van der Waals surface area (Å²) in [5.74, 6) is 8.21. The summed E-state index contributed by atoms with van der Waals surface area (Å²) >= 11 is 0. The van der Waals surface area contributed by atoms with Gasteiger partial charge in [0.25, 0.3) is 0 Å². The Morgan fingerprint density at radius 1 is 1.53 bits per heavy atom. The molecule has 2 aliphatic carbocycles. The molecule has 2 fully saturated rings. The third-order valence-corrected chi connectivity index (χ3v) is 4.09. The highest BCUT2D eigenvalue weighted by atomic mass is 15.3. The van der Waals surface area contributed by atoms with Crippen molar-refractivity contribution in [3.8, 4) is 0 Å². The van der Waals surface area contributed by atoms with Crippen LogP contribution in [0.3, 0.4) is 0 Å². The third-order valence-electron chi connectivity index (χ3n) is 4.09. The average Bonchev–Trinajstić information content (AvgIpc) is 2.67. The normalized spacial score (nSPS) is 35.2. The molecule has 4 nitrogen and oxygen atoms in total. The van der Waals surface area contributed by atoms with Crippen LogP contribution in [0, 0.1) is 17.8 Å². The fraction of sp³-hybridized carbons (Fsp3) is 0.727. The lowest BCUT2D eigenvalue weighted by atomic mass is 10.0. The van der Waals surface area contributed by atoms with Crippen LogP contribution in [0.25, 0.3) is 0 Å². The summed E-state index contributed by atoms with van der Waals surface area (Å²) in [6.45, 7) is 0. The molecule has 0 bridgehead atoms. The number of nitrogens with one attached hydrogen (secondary N) is 1. The zero-order valence-corrected chi connectivity index (χ0v) is 9.06. The van der Waals surface area contributed by atoms with Crippen molar-refractivity contribution in [2.75, 3.05) is 0 Å². The van der Waals surface area contributed by atoms with Crippen molar-refractivity contribution in [1.29, 1.82) is 0 Å². The van der Waals surface area contributed by atoms with Gasteiger partial charge in [-0.15, -0.1) is 0 Å². The zero-order valence-electron chi connectivity index (χ0n) is 9.06. The van der Waals surface area contributed by atoms with Crippen molar-refractivity contribution in [2.24, 2.45) is 30.6 Å². The van der Waals surface area contributed by atoms with Gasteiger partial charge in [0.05, 0.1) is 11.7 Å². The molecule has 1 heterocycles. The van der Waals surface area contributed by atoms with E-state index < -0.39 is 0 Å². The molecular weight excluding hydrogens is 188 g/mol. The van der Waals surface area contributed by atoms with E-state index in [0.717, 1.165) is 23.4 Å².